The molecule has 11 nitrogen and oxygen atoms in total. The van der Waals surface area contributed by atoms with Gasteiger partial charge in [0.1, 0.15) is 6.61 Å². The van der Waals surface area contributed by atoms with Crippen LogP contribution in [0.1, 0.15) is 116 Å². The van der Waals surface area contributed by atoms with E-state index in [1.807, 2.05) is 25.2 Å². The minimum absolute atomic E-state index is 0.0317. The Morgan fingerprint density at radius 1 is 0.242 bits per heavy atom. The van der Waals surface area contributed by atoms with Gasteiger partial charge in [-0.2, -0.15) is 0 Å². The van der Waals surface area contributed by atoms with Crippen molar-refractivity contribution in [3.05, 3.63) is 420 Å². The summed E-state index contributed by atoms with van der Waals surface area (Å²) in [4.78, 5) is 21.1. The lowest BCUT2D eigenvalue weighted by Crippen LogP contribution is -2.30. The van der Waals surface area contributed by atoms with Crippen LogP contribution in [0.4, 0.5) is 0 Å². The Morgan fingerprint density at radius 3 is 0.767 bits per heavy atom. The number of carbonyl (C=O) groups excluding carboxylic acids is 1. The van der Waals surface area contributed by atoms with Gasteiger partial charge in [0.05, 0.1) is 56.9 Å². The third-order valence-corrected chi connectivity index (χ3v) is 24.5. The Hall–Kier alpha value is -11.3. The standard InChI is InChI=1S/C22H21NO2.3C22H23NO.C21H21NO/c1-23-14-20(19-12-11-16-7-5-6-10-18(16)13-19)22(25-15-21(23)24)17-8-3-2-4-9-17;3*1-23-13-14-24-22(18-8-3-2-4-9-18)21(16-23)20-12-11-17-7-5-6-10-19(17)15-20;1-2-7-17(8-3-1)21-20(15-22-12-13-23-21)19-11-10-16-6-4-5-9-18(16)14-19/h2-13,20,22H,14-15H2,1H3;3*2-12,15,21-22H,13-14,16H2,1H3;1-11,14,20-22H,12-13,15H2/t20-,22-;21-,22+;2*21-,22-;20-,21-/m11100/s1. The van der Waals surface area contributed by atoms with Crippen LogP contribution in [0.5, 0.6) is 0 Å². The van der Waals surface area contributed by atoms with E-state index in [2.05, 4.69) is 387 Å². The fourth-order valence-electron chi connectivity index (χ4n) is 18.0. The number of amides is 1. The van der Waals surface area contributed by atoms with Crippen molar-refractivity contribution in [2.75, 3.05) is 120 Å². The lowest BCUT2D eigenvalue weighted by atomic mass is 9.87. The Morgan fingerprint density at radius 2 is 0.475 bits per heavy atom. The topological polar surface area (TPSA) is 88.2 Å². The van der Waals surface area contributed by atoms with Gasteiger partial charge in [-0.25, -0.2) is 0 Å². The molecule has 15 aromatic carbocycles. The van der Waals surface area contributed by atoms with Crippen LogP contribution >= 0.6 is 0 Å². The monoisotopic (exact) mass is 1590 g/mol. The zero-order chi connectivity index (χ0) is 81.8. The number of hydrogen-bond donors (Lipinski definition) is 1. The Kier molecular flexibility index (Phi) is 27.9. The molecule has 120 heavy (non-hydrogen) atoms. The zero-order valence-electron chi connectivity index (χ0n) is 69.6. The molecule has 0 aliphatic carbocycles. The average molecular weight is 1590 g/mol. The average Bonchev–Trinajstić information content (AvgIpc) is 1.41. The molecule has 20 rings (SSSR count). The van der Waals surface area contributed by atoms with Crippen molar-refractivity contribution in [3.8, 4) is 0 Å². The summed E-state index contributed by atoms with van der Waals surface area (Å²) >= 11 is 0. The van der Waals surface area contributed by atoms with E-state index in [-0.39, 0.29) is 49.0 Å². The molecule has 11 heteroatoms. The van der Waals surface area contributed by atoms with Crippen molar-refractivity contribution in [1.29, 1.82) is 0 Å². The first-order valence-electron chi connectivity index (χ1n) is 42.8. The highest BCUT2D eigenvalue weighted by atomic mass is 16.5. The van der Waals surface area contributed by atoms with Crippen molar-refractivity contribution in [1.82, 2.24) is 24.9 Å². The van der Waals surface area contributed by atoms with Crippen LogP contribution in [0.25, 0.3) is 53.9 Å². The van der Waals surface area contributed by atoms with E-state index in [0.29, 0.717) is 30.2 Å². The zero-order valence-corrected chi connectivity index (χ0v) is 69.6. The smallest absolute Gasteiger partial charge is 0.248 e. The summed E-state index contributed by atoms with van der Waals surface area (Å²) < 4.78 is 31.2. The molecule has 0 spiro atoms. The minimum Gasteiger partial charge on any atom is -0.372 e. The van der Waals surface area contributed by atoms with Crippen LogP contribution in [0, 0.1) is 0 Å². The molecule has 0 radical (unpaired) electrons. The highest BCUT2D eigenvalue weighted by molar-refractivity contribution is 5.87. The molecule has 0 saturated carbocycles. The second-order valence-electron chi connectivity index (χ2n) is 32.8. The number of ether oxygens (including phenoxy) is 5. The number of nitrogens with zero attached hydrogens (tertiary/aromatic N) is 4. The first-order chi connectivity index (χ1) is 59.1. The Balaban J connectivity index is 0.000000112. The molecule has 10 atom stereocenters. The largest absolute Gasteiger partial charge is 0.372 e. The van der Waals surface area contributed by atoms with Gasteiger partial charge < -0.3 is 48.6 Å². The van der Waals surface area contributed by atoms with Gasteiger partial charge in [-0.1, -0.05) is 364 Å². The molecule has 0 bridgehead atoms. The molecule has 0 aromatic heterocycles. The maximum absolute atomic E-state index is 12.2. The van der Waals surface area contributed by atoms with E-state index in [4.69, 9.17) is 23.7 Å². The lowest BCUT2D eigenvalue weighted by Gasteiger charge is -2.27. The summed E-state index contributed by atoms with van der Waals surface area (Å²) in [7, 11) is 8.41. The van der Waals surface area contributed by atoms with Gasteiger partial charge in [0.15, 0.2) is 0 Å². The molecule has 5 aliphatic rings. The summed E-state index contributed by atoms with van der Waals surface area (Å²) in [6.07, 6.45) is 0.301. The van der Waals surface area contributed by atoms with Gasteiger partial charge >= 0.3 is 0 Å². The van der Waals surface area contributed by atoms with Crippen LogP contribution in [0.15, 0.2) is 364 Å². The summed E-state index contributed by atoms with van der Waals surface area (Å²) in [6, 6.07) is 129. The lowest BCUT2D eigenvalue weighted by molar-refractivity contribution is -0.133. The number of rotatable bonds is 10. The predicted octanol–water partition coefficient (Wildman–Crippen LogP) is 22.3. The molecule has 5 heterocycles. The highest BCUT2D eigenvalue weighted by Crippen LogP contribution is 2.43. The maximum Gasteiger partial charge on any atom is 0.248 e. The molecular formula is C109H111N5O6. The third kappa shape index (κ3) is 20.8. The van der Waals surface area contributed by atoms with Crippen LogP contribution in [-0.4, -0.2) is 146 Å². The molecule has 5 fully saturated rings. The van der Waals surface area contributed by atoms with Crippen molar-refractivity contribution >= 4 is 59.8 Å². The van der Waals surface area contributed by atoms with Gasteiger partial charge in [0, 0.05) is 95.5 Å². The fraction of sp³-hybridized carbons (Fsp3) is 0.257. The van der Waals surface area contributed by atoms with Crippen LogP contribution in [-0.2, 0) is 28.5 Å². The van der Waals surface area contributed by atoms with Crippen molar-refractivity contribution in [2.24, 2.45) is 0 Å². The number of hydrogen-bond acceptors (Lipinski definition) is 10. The van der Waals surface area contributed by atoms with Gasteiger partial charge in [-0.05, 0) is 131 Å². The number of benzene rings is 15. The first-order valence-corrected chi connectivity index (χ1v) is 42.8. The molecule has 608 valence electrons. The Labute approximate surface area is 708 Å². The molecule has 15 aromatic rings. The Bertz CT molecular complexity index is 5430. The minimum atomic E-state index is -0.128. The van der Waals surface area contributed by atoms with Gasteiger partial charge in [0.25, 0.3) is 0 Å². The molecule has 1 N–H and O–H groups in total. The number of nitrogens with one attached hydrogen (secondary N) is 1. The summed E-state index contributed by atoms with van der Waals surface area (Å²) in [5.74, 6) is 1.47. The molecule has 5 aliphatic heterocycles. The van der Waals surface area contributed by atoms with Crippen molar-refractivity contribution in [2.45, 2.75) is 60.1 Å². The number of carbonyl (C=O) groups is 1. The second kappa shape index (κ2) is 40.6. The highest BCUT2D eigenvalue weighted by Gasteiger charge is 2.36. The van der Waals surface area contributed by atoms with E-state index in [0.717, 1.165) is 84.3 Å². The van der Waals surface area contributed by atoms with E-state index in [9.17, 15) is 4.79 Å². The van der Waals surface area contributed by atoms with E-state index < -0.39 is 0 Å². The van der Waals surface area contributed by atoms with Gasteiger partial charge in [-0.15, -0.1) is 0 Å². The SMILES string of the molecule is CN1CCO[C@@H](c2ccccc2)[C@@H](c2ccc3ccccc3c2)C1.CN1CCO[C@@H](c2ccccc2)[C@H](c2ccc3ccccc3c2)C1.CN1CCO[C@H](c2ccccc2)[C@@H](c2ccc3ccccc3c2)C1.CN1C[C@H](c2ccc3ccccc3c2)[C@@H](c2ccccc2)OCC1=O.c1ccc([C@@H]2OCCNC[C@H]2c2ccc3ccccc3c2)cc1. The van der Waals surface area contributed by atoms with Gasteiger partial charge in [0.2, 0.25) is 5.91 Å². The first kappa shape index (κ1) is 82.4. The van der Waals surface area contributed by atoms with Crippen LogP contribution < -0.4 is 5.32 Å². The summed E-state index contributed by atoms with van der Waals surface area (Å²) in [5.41, 5.74) is 12.8. The summed E-state index contributed by atoms with van der Waals surface area (Å²) in [5, 5.41) is 16.3. The van der Waals surface area contributed by atoms with E-state index in [1.165, 1.54) is 104 Å². The molecule has 5 saturated heterocycles. The van der Waals surface area contributed by atoms with Crippen molar-refractivity contribution < 1.29 is 28.5 Å². The second-order valence-corrected chi connectivity index (χ2v) is 32.8. The molecular weight excluding hydrogens is 1480 g/mol. The number of fused-ring (bicyclic) bond motifs is 5. The molecule has 1 amide bonds. The fourth-order valence-corrected chi connectivity index (χ4v) is 18.0. The number of likely N-dealkylation sites (N-methyl/N-ethyl adjacent to an activating group) is 4. The van der Waals surface area contributed by atoms with E-state index in [1.54, 1.807) is 4.90 Å². The predicted molar refractivity (Wildman–Crippen MR) is 492 cm³/mol. The van der Waals surface area contributed by atoms with Gasteiger partial charge in [-0.3, -0.25) is 4.79 Å². The van der Waals surface area contributed by atoms with E-state index >= 15 is 0 Å². The quantitative estimate of drug-likeness (QED) is 0.143. The van der Waals surface area contributed by atoms with Crippen molar-refractivity contribution in [3.63, 3.8) is 0 Å². The van der Waals surface area contributed by atoms with Crippen LogP contribution in [0.2, 0.25) is 0 Å². The molecule has 0 unspecified atom stereocenters. The summed E-state index contributed by atoms with van der Waals surface area (Å²) in [6.45, 7) is 11.7. The van der Waals surface area contributed by atoms with Crippen LogP contribution in [0.3, 0.4) is 0 Å². The third-order valence-electron chi connectivity index (χ3n) is 24.5. The normalized spacial score (nSPS) is 22.1. The maximum atomic E-state index is 12.2.